The number of aryl methyl sites for hydroxylation is 4. The highest BCUT2D eigenvalue weighted by Gasteiger charge is 2.11. The second kappa shape index (κ2) is 11.0. The van der Waals surface area contributed by atoms with Crippen LogP contribution in [0, 0.1) is 0 Å². The molecule has 1 heterocycles. The van der Waals surface area contributed by atoms with Crippen LogP contribution in [0.15, 0.2) is 67.3 Å². The van der Waals surface area contributed by atoms with Gasteiger partial charge in [-0.2, -0.15) is 0 Å². The number of nitrogens with one attached hydrogen (secondary N) is 1. The Hall–Kier alpha value is -3.28. The Kier molecular flexibility index (Phi) is 7.89. The van der Waals surface area contributed by atoms with Gasteiger partial charge in [-0.1, -0.05) is 54.6 Å². The summed E-state index contributed by atoms with van der Waals surface area (Å²) in [6.45, 7) is 0.492. The number of benzene rings is 2. The molecule has 1 aromatic heterocycles. The Morgan fingerprint density at radius 2 is 1.53 bits per heavy atom. The van der Waals surface area contributed by atoms with Crippen molar-refractivity contribution in [3.05, 3.63) is 83.9 Å². The van der Waals surface area contributed by atoms with E-state index in [-0.39, 0.29) is 24.7 Å². The zero-order valence-electron chi connectivity index (χ0n) is 17.5. The van der Waals surface area contributed by atoms with E-state index < -0.39 is 0 Å². The van der Waals surface area contributed by atoms with Crippen LogP contribution in [-0.2, 0) is 42.4 Å². The van der Waals surface area contributed by atoms with E-state index in [1.165, 1.54) is 11.1 Å². The van der Waals surface area contributed by atoms with Crippen LogP contribution in [0.5, 0.6) is 0 Å². The van der Waals surface area contributed by atoms with Gasteiger partial charge in [-0.25, -0.2) is 4.57 Å². The first-order valence-corrected chi connectivity index (χ1v) is 10.4. The molecule has 0 saturated carbocycles. The molecular weight excluding hydrogens is 376 g/mol. The number of unbranched alkanes of at least 4 members (excludes halogenated alkanes) is 1. The number of imide groups is 1. The molecule has 0 saturated heterocycles. The summed E-state index contributed by atoms with van der Waals surface area (Å²) in [5, 5.41) is 6.50. The fraction of sp³-hybridized carbons (Fsp3) is 0.333. The Bertz CT molecular complexity index is 949. The largest absolute Gasteiger partial charge is 0.296 e. The maximum atomic E-state index is 12.1. The molecule has 0 atom stereocenters. The third-order valence-corrected chi connectivity index (χ3v) is 4.98. The second-order valence-corrected chi connectivity index (χ2v) is 7.57. The van der Waals surface area contributed by atoms with E-state index >= 15 is 0 Å². The van der Waals surface area contributed by atoms with Gasteiger partial charge in [0.25, 0.3) is 6.33 Å². The summed E-state index contributed by atoms with van der Waals surface area (Å²) in [5.41, 5.74) is 3.57. The average Bonchev–Trinajstić information content (AvgIpc) is 3.17. The van der Waals surface area contributed by atoms with Crippen LogP contribution < -0.4 is 9.88 Å². The molecule has 6 nitrogen and oxygen atoms in total. The lowest BCUT2D eigenvalue weighted by Crippen LogP contribution is -2.37. The molecule has 0 aliphatic rings. The summed E-state index contributed by atoms with van der Waals surface area (Å²) in [7, 11) is 1.82. The molecule has 0 aliphatic heterocycles. The van der Waals surface area contributed by atoms with Crippen molar-refractivity contribution in [1.29, 1.82) is 0 Å². The van der Waals surface area contributed by atoms with Crippen LogP contribution in [0.1, 0.15) is 36.0 Å². The maximum absolute atomic E-state index is 12.1. The van der Waals surface area contributed by atoms with Gasteiger partial charge >= 0.3 is 0 Å². The van der Waals surface area contributed by atoms with Gasteiger partial charge in [-0.15, -0.1) is 4.68 Å². The SMILES string of the molecule is Cn1c[n+](CCC(=O)NC(=O)Cc2ccc(CCCCc3ccccc3)cc2)cn1. The first-order valence-electron chi connectivity index (χ1n) is 10.4. The van der Waals surface area contributed by atoms with Crippen molar-refractivity contribution >= 4 is 11.8 Å². The van der Waals surface area contributed by atoms with Crippen LogP contribution in [0.25, 0.3) is 0 Å². The molecule has 2 aromatic carbocycles. The van der Waals surface area contributed by atoms with Gasteiger partial charge in [0.15, 0.2) is 0 Å². The Morgan fingerprint density at radius 1 is 0.900 bits per heavy atom. The van der Waals surface area contributed by atoms with Crippen molar-refractivity contribution in [3.8, 4) is 0 Å². The lowest BCUT2D eigenvalue weighted by Gasteiger charge is -2.06. The first kappa shape index (κ1) is 21.4. The molecule has 0 bridgehead atoms. The summed E-state index contributed by atoms with van der Waals surface area (Å²) in [5.74, 6) is -0.543. The quantitative estimate of drug-likeness (QED) is 0.416. The Labute approximate surface area is 177 Å². The fourth-order valence-corrected chi connectivity index (χ4v) is 3.34. The van der Waals surface area contributed by atoms with Gasteiger partial charge in [0.05, 0.1) is 26.4 Å². The van der Waals surface area contributed by atoms with Crippen molar-refractivity contribution in [2.24, 2.45) is 7.05 Å². The van der Waals surface area contributed by atoms with E-state index in [0.29, 0.717) is 6.54 Å². The van der Waals surface area contributed by atoms with Crippen molar-refractivity contribution < 1.29 is 14.2 Å². The van der Waals surface area contributed by atoms with Gasteiger partial charge in [-0.3, -0.25) is 14.9 Å². The smallest absolute Gasteiger partial charge is 0.265 e. The van der Waals surface area contributed by atoms with E-state index in [9.17, 15) is 9.59 Å². The molecule has 0 unspecified atom stereocenters. The molecule has 156 valence electrons. The van der Waals surface area contributed by atoms with E-state index in [4.69, 9.17) is 0 Å². The number of nitrogens with zero attached hydrogens (tertiary/aromatic N) is 3. The number of hydrogen-bond donors (Lipinski definition) is 1. The van der Waals surface area contributed by atoms with Gasteiger partial charge in [0.1, 0.15) is 0 Å². The predicted molar refractivity (Wildman–Crippen MR) is 114 cm³/mol. The van der Waals surface area contributed by atoms with Crippen LogP contribution in [0.4, 0.5) is 0 Å². The van der Waals surface area contributed by atoms with Gasteiger partial charge in [-0.05, 0) is 42.4 Å². The zero-order valence-corrected chi connectivity index (χ0v) is 17.5. The lowest BCUT2D eigenvalue weighted by molar-refractivity contribution is -0.696. The Balaban J connectivity index is 1.34. The van der Waals surface area contributed by atoms with Gasteiger partial charge in [0.2, 0.25) is 18.1 Å². The molecule has 30 heavy (non-hydrogen) atoms. The number of amides is 2. The summed E-state index contributed by atoms with van der Waals surface area (Å²) in [6.07, 6.45) is 8.32. The average molecular weight is 406 g/mol. The van der Waals surface area contributed by atoms with Crippen molar-refractivity contribution in [1.82, 2.24) is 15.1 Å². The summed E-state index contributed by atoms with van der Waals surface area (Å²) in [4.78, 5) is 24.1. The van der Waals surface area contributed by atoms with E-state index in [2.05, 4.69) is 46.8 Å². The number of hydrogen-bond acceptors (Lipinski definition) is 3. The first-order chi connectivity index (χ1) is 14.6. The molecule has 0 radical (unpaired) electrons. The van der Waals surface area contributed by atoms with E-state index in [0.717, 1.165) is 31.2 Å². The van der Waals surface area contributed by atoms with Crippen LogP contribution in [-0.4, -0.2) is 21.6 Å². The molecule has 0 spiro atoms. The van der Waals surface area contributed by atoms with Crippen molar-refractivity contribution in [2.75, 3.05) is 0 Å². The highest BCUT2D eigenvalue weighted by atomic mass is 16.2. The maximum Gasteiger partial charge on any atom is 0.265 e. The second-order valence-electron chi connectivity index (χ2n) is 7.57. The van der Waals surface area contributed by atoms with E-state index in [1.54, 1.807) is 17.3 Å². The normalized spacial score (nSPS) is 10.7. The molecule has 3 rings (SSSR count). The Morgan fingerprint density at radius 3 is 2.17 bits per heavy atom. The van der Waals surface area contributed by atoms with Gasteiger partial charge < -0.3 is 0 Å². The topological polar surface area (TPSA) is 67.9 Å². The minimum Gasteiger partial charge on any atom is -0.296 e. The molecule has 2 amide bonds. The molecule has 6 heteroatoms. The zero-order chi connectivity index (χ0) is 21.2. The lowest BCUT2D eigenvalue weighted by atomic mass is 10.0. The highest BCUT2D eigenvalue weighted by molar-refractivity contribution is 5.95. The number of aromatic nitrogens is 3. The fourth-order valence-electron chi connectivity index (χ4n) is 3.34. The van der Waals surface area contributed by atoms with Gasteiger partial charge in [0, 0.05) is 5.10 Å². The van der Waals surface area contributed by atoms with Crippen LogP contribution in [0.2, 0.25) is 0 Å². The third kappa shape index (κ3) is 7.28. The summed E-state index contributed by atoms with van der Waals surface area (Å²) in [6, 6.07) is 18.6. The molecule has 0 fully saturated rings. The summed E-state index contributed by atoms with van der Waals surface area (Å²) < 4.78 is 3.47. The third-order valence-electron chi connectivity index (χ3n) is 4.98. The predicted octanol–water partition coefficient (Wildman–Crippen LogP) is 2.55. The van der Waals surface area contributed by atoms with E-state index in [1.807, 2.05) is 29.8 Å². The number of carbonyl (C=O) groups excluding carboxylic acids is 2. The molecular formula is C24H29N4O2+. The summed E-state index contributed by atoms with van der Waals surface area (Å²) >= 11 is 0. The highest BCUT2D eigenvalue weighted by Crippen LogP contribution is 2.11. The van der Waals surface area contributed by atoms with Crippen molar-refractivity contribution in [2.45, 2.75) is 45.1 Å². The molecule has 3 aromatic rings. The van der Waals surface area contributed by atoms with Crippen LogP contribution >= 0.6 is 0 Å². The van der Waals surface area contributed by atoms with Crippen LogP contribution in [0.3, 0.4) is 0 Å². The number of carbonyl (C=O) groups is 2. The minimum absolute atomic E-state index is 0.208. The monoisotopic (exact) mass is 405 g/mol. The number of rotatable bonds is 10. The minimum atomic E-state index is -0.272. The standard InChI is InChI=1S/C24H28N4O2/c1-27-19-28(18-25-27)16-15-23(29)26-24(30)17-22-13-11-21(12-14-22)10-6-5-9-20-7-3-2-4-8-20/h2-4,7-8,11-14,18-19H,5-6,9-10,15-17H2,1H3/p+1. The molecule has 1 N–H and O–H groups in total. The molecule has 0 aliphatic carbocycles. The van der Waals surface area contributed by atoms with Crippen molar-refractivity contribution in [3.63, 3.8) is 0 Å².